The van der Waals surface area contributed by atoms with E-state index in [1.807, 2.05) is 30.3 Å². The Hall–Kier alpha value is -2.14. The Labute approximate surface area is 158 Å². The predicted molar refractivity (Wildman–Crippen MR) is 103 cm³/mol. The summed E-state index contributed by atoms with van der Waals surface area (Å²) in [6, 6.07) is 14.8. The second-order valence-corrected chi connectivity index (χ2v) is 6.97. The standard InChI is InChI=1S/C21H22ClNO3/c1-15(7-5-6-12-24)21(26)18-13-17(22)10-11-19(18)23(20(21)25)14-16-8-3-2-4-9-16/h2-5,7-11,13,15,24,26H,6,12,14H2,1H3/b7-5+/t15-,21+/m1/s1. The van der Waals surface area contributed by atoms with Gasteiger partial charge in [-0.25, -0.2) is 0 Å². The number of fused-ring (bicyclic) bond motifs is 1. The lowest BCUT2D eigenvalue weighted by atomic mass is 9.83. The van der Waals surface area contributed by atoms with Crippen molar-refractivity contribution in [2.75, 3.05) is 11.5 Å². The fourth-order valence-electron chi connectivity index (χ4n) is 3.36. The van der Waals surface area contributed by atoms with Crippen molar-refractivity contribution in [3.05, 3.63) is 76.8 Å². The first kappa shape index (κ1) is 18.6. The van der Waals surface area contributed by atoms with Crippen LogP contribution in [0.4, 0.5) is 5.69 Å². The maximum absolute atomic E-state index is 13.2. The van der Waals surface area contributed by atoms with Gasteiger partial charge in [-0.05, 0) is 30.2 Å². The molecule has 3 rings (SSSR count). The van der Waals surface area contributed by atoms with E-state index in [0.717, 1.165) is 5.56 Å². The zero-order chi connectivity index (χ0) is 18.7. The molecule has 26 heavy (non-hydrogen) atoms. The summed E-state index contributed by atoms with van der Waals surface area (Å²) in [5, 5.41) is 20.8. The van der Waals surface area contributed by atoms with Gasteiger partial charge in [0.1, 0.15) is 0 Å². The number of halogens is 1. The molecule has 136 valence electrons. The number of hydrogen-bond donors (Lipinski definition) is 2. The molecule has 5 heteroatoms. The molecular formula is C21H22ClNO3. The fraction of sp³-hybridized carbons (Fsp3) is 0.286. The summed E-state index contributed by atoms with van der Waals surface area (Å²) < 4.78 is 0. The summed E-state index contributed by atoms with van der Waals surface area (Å²) in [5.74, 6) is -0.820. The molecule has 0 spiro atoms. The van der Waals surface area contributed by atoms with Gasteiger partial charge in [0.2, 0.25) is 0 Å². The van der Waals surface area contributed by atoms with Crippen LogP contribution in [0, 0.1) is 5.92 Å². The lowest BCUT2D eigenvalue weighted by molar-refractivity contribution is -0.139. The van der Waals surface area contributed by atoms with Crippen molar-refractivity contribution >= 4 is 23.2 Å². The highest BCUT2D eigenvalue weighted by Gasteiger charge is 2.52. The van der Waals surface area contributed by atoms with Gasteiger partial charge in [0.25, 0.3) is 5.91 Å². The number of nitrogens with zero attached hydrogens (tertiary/aromatic N) is 1. The Bertz CT molecular complexity index is 821. The van der Waals surface area contributed by atoms with Crippen molar-refractivity contribution in [2.24, 2.45) is 5.92 Å². The first-order valence-corrected chi connectivity index (χ1v) is 9.02. The largest absolute Gasteiger partial charge is 0.396 e. The number of amides is 1. The molecule has 2 aromatic carbocycles. The molecule has 0 bridgehead atoms. The third-order valence-corrected chi connectivity index (χ3v) is 5.03. The summed E-state index contributed by atoms with van der Waals surface area (Å²) in [4.78, 5) is 14.8. The van der Waals surface area contributed by atoms with Gasteiger partial charge in [-0.15, -0.1) is 0 Å². The maximum atomic E-state index is 13.2. The lowest BCUT2D eigenvalue weighted by Crippen LogP contribution is -2.44. The summed E-state index contributed by atoms with van der Waals surface area (Å²) in [6.07, 6.45) is 4.02. The van der Waals surface area contributed by atoms with E-state index in [1.165, 1.54) is 0 Å². The fourth-order valence-corrected chi connectivity index (χ4v) is 3.53. The average Bonchev–Trinajstić information content (AvgIpc) is 2.85. The number of anilines is 1. The highest BCUT2D eigenvalue weighted by Crippen LogP contribution is 2.46. The normalized spacial score (nSPS) is 20.6. The molecule has 1 aliphatic rings. The number of aliphatic hydroxyl groups excluding tert-OH is 1. The summed E-state index contributed by atoms with van der Waals surface area (Å²) >= 11 is 6.15. The van der Waals surface area contributed by atoms with Gasteiger partial charge < -0.3 is 15.1 Å². The second kappa shape index (κ2) is 7.62. The van der Waals surface area contributed by atoms with Crippen molar-refractivity contribution in [3.8, 4) is 0 Å². The Morgan fingerprint density at radius 1 is 1.23 bits per heavy atom. The molecule has 0 aromatic heterocycles. The van der Waals surface area contributed by atoms with Gasteiger partial charge in [0.05, 0.1) is 12.2 Å². The van der Waals surface area contributed by atoms with E-state index in [0.29, 0.717) is 29.2 Å². The molecule has 1 amide bonds. The van der Waals surface area contributed by atoms with E-state index in [4.69, 9.17) is 16.7 Å². The van der Waals surface area contributed by atoms with Gasteiger partial charge in [0.15, 0.2) is 5.60 Å². The Kier molecular flexibility index (Phi) is 5.47. The highest BCUT2D eigenvalue weighted by molar-refractivity contribution is 6.31. The molecule has 0 radical (unpaired) electrons. The zero-order valence-electron chi connectivity index (χ0n) is 14.6. The molecule has 1 aliphatic heterocycles. The molecule has 0 aliphatic carbocycles. The van der Waals surface area contributed by atoms with E-state index in [2.05, 4.69) is 0 Å². The van der Waals surface area contributed by atoms with E-state index in [1.54, 1.807) is 42.2 Å². The molecule has 1 heterocycles. The van der Waals surface area contributed by atoms with Gasteiger partial charge in [0, 0.05) is 23.1 Å². The molecule has 0 unspecified atom stereocenters. The molecule has 2 atom stereocenters. The third kappa shape index (κ3) is 3.28. The first-order chi connectivity index (χ1) is 12.5. The zero-order valence-corrected chi connectivity index (χ0v) is 15.4. The van der Waals surface area contributed by atoms with Crippen molar-refractivity contribution in [3.63, 3.8) is 0 Å². The first-order valence-electron chi connectivity index (χ1n) is 8.64. The van der Waals surface area contributed by atoms with Crippen molar-refractivity contribution in [1.29, 1.82) is 0 Å². The van der Waals surface area contributed by atoms with Crippen LogP contribution < -0.4 is 4.90 Å². The van der Waals surface area contributed by atoms with Gasteiger partial charge >= 0.3 is 0 Å². The number of benzene rings is 2. The summed E-state index contributed by atoms with van der Waals surface area (Å²) in [5.41, 5.74) is 0.496. The van der Waals surface area contributed by atoms with Crippen LogP contribution >= 0.6 is 11.6 Å². The predicted octanol–water partition coefficient (Wildman–Crippen LogP) is 3.65. The molecule has 0 fully saturated rings. The average molecular weight is 372 g/mol. The smallest absolute Gasteiger partial charge is 0.264 e. The van der Waals surface area contributed by atoms with E-state index in [-0.39, 0.29) is 12.5 Å². The molecule has 2 N–H and O–H groups in total. The van der Waals surface area contributed by atoms with Crippen LogP contribution in [0.2, 0.25) is 5.02 Å². The van der Waals surface area contributed by atoms with Crippen LogP contribution in [0.15, 0.2) is 60.7 Å². The molecule has 0 saturated carbocycles. The minimum absolute atomic E-state index is 0.0259. The van der Waals surface area contributed by atoms with Crippen molar-refractivity contribution in [1.82, 2.24) is 0 Å². The van der Waals surface area contributed by atoms with Crippen LogP contribution in [0.3, 0.4) is 0 Å². The number of rotatable bonds is 6. The van der Waals surface area contributed by atoms with Crippen molar-refractivity contribution in [2.45, 2.75) is 25.5 Å². The van der Waals surface area contributed by atoms with Gasteiger partial charge in [-0.1, -0.05) is 61.0 Å². The summed E-state index contributed by atoms with van der Waals surface area (Å²) in [6.45, 7) is 2.20. The highest BCUT2D eigenvalue weighted by atomic mass is 35.5. The number of aliphatic hydroxyl groups is 2. The van der Waals surface area contributed by atoms with E-state index in [9.17, 15) is 9.90 Å². The second-order valence-electron chi connectivity index (χ2n) is 6.53. The van der Waals surface area contributed by atoms with Crippen LogP contribution in [0.25, 0.3) is 0 Å². The SMILES string of the molecule is C[C@H](/C=C/CCO)[C@@]1(O)C(=O)N(Cc2ccccc2)c2ccc(Cl)cc21. The quantitative estimate of drug-likeness (QED) is 0.762. The minimum Gasteiger partial charge on any atom is -0.396 e. The molecule has 0 saturated heterocycles. The number of hydrogen-bond acceptors (Lipinski definition) is 3. The van der Waals surface area contributed by atoms with Crippen LogP contribution in [-0.2, 0) is 16.9 Å². The number of carbonyl (C=O) groups excluding carboxylic acids is 1. The van der Waals surface area contributed by atoms with Gasteiger partial charge in [-0.3, -0.25) is 4.79 Å². The van der Waals surface area contributed by atoms with Crippen LogP contribution in [-0.4, -0.2) is 22.7 Å². The van der Waals surface area contributed by atoms with E-state index >= 15 is 0 Å². The topological polar surface area (TPSA) is 60.8 Å². The molecule has 2 aromatic rings. The number of carbonyl (C=O) groups is 1. The Morgan fingerprint density at radius 3 is 2.65 bits per heavy atom. The van der Waals surface area contributed by atoms with Gasteiger partial charge in [-0.2, -0.15) is 0 Å². The minimum atomic E-state index is -1.68. The lowest BCUT2D eigenvalue weighted by Gasteiger charge is -2.27. The monoisotopic (exact) mass is 371 g/mol. The van der Waals surface area contributed by atoms with Crippen molar-refractivity contribution < 1.29 is 15.0 Å². The molecular weight excluding hydrogens is 350 g/mol. The maximum Gasteiger partial charge on any atom is 0.264 e. The van der Waals surface area contributed by atoms with Crippen LogP contribution in [0.5, 0.6) is 0 Å². The summed E-state index contributed by atoms with van der Waals surface area (Å²) in [7, 11) is 0. The Morgan fingerprint density at radius 2 is 1.96 bits per heavy atom. The van der Waals surface area contributed by atoms with Crippen LogP contribution in [0.1, 0.15) is 24.5 Å². The Balaban J connectivity index is 2.02. The third-order valence-electron chi connectivity index (χ3n) is 4.79. The van der Waals surface area contributed by atoms with E-state index < -0.39 is 11.5 Å². The molecule has 4 nitrogen and oxygen atoms in total.